The van der Waals surface area contributed by atoms with Gasteiger partial charge in [-0.3, -0.25) is 9.48 Å². The van der Waals surface area contributed by atoms with Crippen molar-refractivity contribution in [2.45, 2.75) is 31.2 Å². The van der Waals surface area contributed by atoms with E-state index < -0.39 is 11.6 Å². The Kier molecular flexibility index (Phi) is 5.00. The molecule has 0 saturated heterocycles. The Morgan fingerprint density at radius 3 is 2.56 bits per heavy atom. The molecule has 4 aromatic rings. The summed E-state index contributed by atoms with van der Waals surface area (Å²) >= 11 is 0. The number of nitrogens with zero attached hydrogens (tertiary/aromatic N) is 2. The van der Waals surface area contributed by atoms with Gasteiger partial charge in [-0.2, -0.15) is 5.10 Å². The summed E-state index contributed by atoms with van der Waals surface area (Å²) in [6.45, 7) is 0. The van der Waals surface area contributed by atoms with Crippen LogP contribution >= 0.6 is 0 Å². The first-order valence-electron chi connectivity index (χ1n) is 10.4. The third kappa shape index (κ3) is 3.77. The van der Waals surface area contributed by atoms with Crippen LogP contribution in [-0.4, -0.2) is 26.7 Å². The van der Waals surface area contributed by atoms with Gasteiger partial charge in [0, 0.05) is 30.7 Å². The Balaban J connectivity index is 1.39. The molecule has 0 bridgehead atoms. The summed E-state index contributed by atoms with van der Waals surface area (Å²) in [5.41, 5.74) is 3.05. The molecule has 0 unspecified atom stereocenters. The van der Waals surface area contributed by atoms with Gasteiger partial charge in [0.05, 0.1) is 23.3 Å². The minimum atomic E-state index is -0.672. The molecule has 0 atom stereocenters. The predicted octanol–water partition coefficient (Wildman–Crippen LogP) is 4.59. The average molecular weight is 438 g/mol. The van der Waals surface area contributed by atoms with Gasteiger partial charge in [-0.15, -0.1) is 0 Å². The number of carbonyl (C=O) groups is 1. The van der Waals surface area contributed by atoms with E-state index in [1.165, 1.54) is 18.2 Å². The second-order valence-corrected chi connectivity index (χ2v) is 8.32. The van der Waals surface area contributed by atoms with Gasteiger partial charge in [0.15, 0.2) is 0 Å². The molecule has 2 heterocycles. The molecule has 0 aliphatic heterocycles. The van der Waals surface area contributed by atoms with Crippen LogP contribution in [0.15, 0.2) is 48.7 Å². The van der Waals surface area contributed by atoms with Crippen molar-refractivity contribution in [3.63, 3.8) is 0 Å². The maximum atomic E-state index is 14.5. The molecule has 0 spiro atoms. The van der Waals surface area contributed by atoms with Gasteiger partial charge >= 0.3 is 0 Å². The molecule has 1 saturated carbocycles. The molecule has 32 heavy (non-hydrogen) atoms. The van der Waals surface area contributed by atoms with Crippen LogP contribution in [0.5, 0.6) is 0 Å². The molecule has 1 aliphatic rings. The molecule has 8 heteroatoms. The number of fused-ring (bicyclic) bond motifs is 1. The van der Waals surface area contributed by atoms with Gasteiger partial charge in [0.1, 0.15) is 17.5 Å². The van der Waals surface area contributed by atoms with Crippen molar-refractivity contribution in [3.05, 3.63) is 77.4 Å². The summed E-state index contributed by atoms with van der Waals surface area (Å²) in [6, 6.07) is 9.84. The molecular formula is C24H21F3N4O. The highest BCUT2D eigenvalue weighted by atomic mass is 19.1. The first kappa shape index (κ1) is 20.4. The number of benzene rings is 2. The van der Waals surface area contributed by atoms with Crippen LogP contribution in [0.4, 0.5) is 13.2 Å². The van der Waals surface area contributed by atoms with Crippen LogP contribution in [0.2, 0.25) is 0 Å². The zero-order chi connectivity index (χ0) is 22.4. The smallest absolute Gasteiger partial charge is 0.226 e. The standard InChI is InChI=1S/C24H21F3N4O/c1-31-7-6-17(30-31)12-21(32)28-18-8-14(9-18)22-19-10-16(26)11-20(27)24(19)29-23(22)13-2-4-15(25)5-3-13/h2-7,10-11,14,18,29H,8-9,12H2,1H3,(H,28,32)/t14-,18-. The maximum absolute atomic E-state index is 14.5. The van der Waals surface area contributed by atoms with E-state index in [9.17, 15) is 18.0 Å². The van der Waals surface area contributed by atoms with E-state index in [4.69, 9.17) is 0 Å². The number of aromatic amines is 1. The van der Waals surface area contributed by atoms with Gasteiger partial charge in [-0.25, -0.2) is 13.2 Å². The highest BCUT2D eigenvalue weighted by molar-refractivity contribution is 5.92. The summed E-state index contributed by atoms with van der Waals surface area (Å²) in [5.74, 6) is -1.80. The molecule has 2 N–H and O–H groups in total. The van der Waals surface area contributed by atoms with Gasteiger partial charge in [-0.05, 0) is 66.3 Å². The summed E-state index contributed by atoms with van der Waals surface area (Å²) < 4.78 is 43.6. The fourth-order valence-corrected chi connectivity index (χ4v) is 4.48. The number of aryl methyl sites for hydroxylation is 1. The summed E-state index contributed by atoms with van der Waals surface area (Å²) in [4.78, 5) is 15.4. The van der Waals surface area contributed by atoms with Crippen molar-refractivity contribution in [1.82, 2.24) is 20.1 Å². The van der Waals surface area contributed by atoms with Crippen molar-refractivity contribution in [2.24, 2.45) is 7.05 Å². The van der Waals surface area contributed by atoms with Crippen molar-refractivity contribution in [1.29, 1.82) is 0 Å². The number of hydrogen-bond donors (Lipinski definition) is 2. The lowest BCUT2D eigenvalue weighted by molar-refractivity contribution is -0.121. The van der Waals surface area contributed by atoms with E-state index >= 15 is 0 Å². The molecule has 2 aromatic carbocycles. The second-order valence-electron chi connectivity index (χ2n) is 8.32. The van der Waals surface area contributed by atoms with E-state index in [1.54, 1.807) is 36.1 Å². The predicted molar refractivity (Wildman–Crippen MR) is 114 cm³/mol. The highest BCUT2D eigenvalue weighted by Gasteiger charge is 2.35. The quantitative estimate of drug-likeness (QED) is 0.479. The van der Waals surface area contributed by atoms with E-state index in [1.807, 2.05) is 0 Å². The number of nitrogens with one attached hydrogen (secondary N) is 2. The van der Waals surface area contributed by atoms with Crippen LogP contribution in [-0.2, 0) is 18.3 Å². The lowest BCUT2D eigenvalue weighted by Gasteiger charge is -2.36. The molecule has 2 aromatic heterocycles. The number of carbonyl (C=O) groups excluding carboxylic acids is 1. The Morgan fingerprint density at radius 1 is 1.12 bits per heavy atom. The first-order chi connectivity index (χ1) is 15.4. The Labute approximate surface area is 182 Å². The zero-order valence-corrected chi connectivity index (χ0v) is 17.3. The largest absolute Gasteiger partial charge is 0.353 e. The number of amides is 1. The summed E-state index contributed by atoms with van der Waals surface area (Å²) in [5, 5.41) is 7.70. The van der Waals surface area contributed by atoms with Crippen LogP contribution in [0.25, 0.3) is 22.2 Å². The lowest BCUT2D eigenvalue weighted by Crippen LogP contribution is -2.44. The van der Waals surface area contributed by atoms with Crippen LogP contribution in [0.1, 0.15) is 30.0 Å². The van der Waals surface area contributed by atoms with Crippen molar-refractivity contribution < 1.29 is 18.0 Å². The maximum Gasteiger partial charge on any atom is 0.226 e. The third-order valence-electron chi connectivity index (χ3n) is 6.02. The van der Waals surface area contributed by atoms with E-state index in [0.29, 0.717) is 35.2 Å². The second kappa shape index (κ2) is 7.85. The SMILES string of the molecule is Cn1ccc(CC(=O)N[C@H]2C[C@H](c3c(-c4ccc(F)cc4)[nH]c4c(F)cc(F)cc43)C2)n1. The highest BCUT2D eigenvalue weighted by Crippen LogP contribution is 2.45. The molecule has 1 amide bonds. The minimum Gasteiger partial charge on any atom is -0.353 e. The monoisotopic (exact) mass is 438 g/mol. The van der Waals surface area contributed by atoms with Gasteiger partial charge < -0.3 is 10.3 Å². The van der Waals surface area contributed by atoms with Gasteiger partial charge in [0.25, 0.3) is 0 Å². The normalized spacial score (nSPS) is 18.0. The van der Waals surface area contributed by atoms with Crippen LogP contribution in [0, 0.1) is 17.5 Å². The molecule has 164 valence electrons. The topological polar surface area (TPSA) is 62.7 Å². The fourth-order valence-electron chi connectivity index (χ4n) is 4.48. The van der Waals surface area contributed by atoms with Crippen LogP contribution < -0.4 is 5.32 Å². The Hall–Kier alpha value is -3.55. The number of rotatable bonds is 5. The minimum absolute atomic E-state index is 0.00477. The molecule has 5 rings (SSSR count). The van der Waals surface area contributed by atoms with Gasteiger partial charge in [-0.1, -0.05) is 0 Å². The summed E-state index contributed by atoms with van der Waals surface area (Å²) in [6.07, 6.45) is 3.28. The lowest BCUT2D eigenvalue weighted by atomic mass is 9.74. The molecule has 1 aliphatic carbocycles. The molecular weight excluding hydrogens is 417 g/mol. The number of aromatic nitrogens is 3. The summed E-state index contributed by atoms with van der Waals surface area (Å²) in [7, 11) is 1.80. The van der Waals surface area contributed by atoms with Crippen molar-refractivity contribution in [3.8, 4) is 11.3 Å². The van der Waals surface area contributed by atoms with Crippen molar-refractivity contribution >= 4 is 16.8 Å². The van der Waals surface area contributed by atoms with E-state index in [0.717, 1.165) is 11.6 Å². The third-order valence-corrected chi connectivity index (χ3v) is 6.02. The van der Waals surface area contributed by atoms with E-state index in [2.05, 4.69) is 15.4 Å². The number of H-pyrrole nitrogens is 1. The Bertz CT molecular complexity index is 1300. The van der Waals surface area contributed by atoms with Gasteiger partial charge in [0.2, 0.25) is 5.91 Å². The molecule has 1 fully saturated rings. The van der Waals surface area contributed by atoms with Crippen LogP contribution in [0.3, 0.4) is 0 Å². The number of hydrogen-bond acceptors (Lipinski definition) is 2. The first-order valence-corrected chi connectivity index (χ1v) is 10.4. The fraction of sp³-hybridized carbons (Fsp3) is 0.250. The molecule has 0 radical (unpaired) electrons. The average Bonchev–Trinajstić information content (AvgIpc) is 3.28. The number of halogens is 3. The van der Waals surface area contributed by atoms with Crippen molar-refractivity contribution in [2.75, 3.05) is 0 Å². The Morgan fingerprint density at radius 2 is 1.88 bits per heavy atom. The zero-order valence-electron chi connectivity index (χ0n) is 17.3. The van der Waals surface area contributed by atoms with E-state index in [-0.39, 0.29) is 35.6 Å². The molecule has 5 nitrogen and oxygen atoms in total.